The average molecular weight is 382 g/mol. The minimum absolute atomic E-state index is 0.0537. The lowest BCUT2D eigenvalue weighted by Gasteiger charge is -2.17. The summed E-state index contributed by atoms with van der Waals surface area (Å²) in [6.07, 6.45) is -0.553. The number of rotatable bonds is 5. The highest BCUT2D eigenvalue weighted by atomic mass is 16.7. The van der Waals surface area contributed by atoms with Gasteiger partial charge < -0.3 is 14.9 Å². The summed E-state index contributed by atoms with van der Waals surface area (Å²) in [4.78, 5) is 39.8. The Balaban J connectivity index is 1.55. The van der Waals surface area contributed by atoms with Gasteiger partial charge in [0.15, 0.2) is 0 Å². The van der Waals surface area contributed by atoms with Gasteiger partial charge in [0.05, 0.1) is 0 Å². The van der Waals surface area contributed by atoms with Crippen LogP contribution in [0, 0.1) is 0 Å². The molecule has 0 bridgehead atoms. The lowest BCUT2D eigenvalue weighted by atomic mass is 9.98. The first-order chi connectivity index (χ1) is 13.5. The van der Waals surface area contributed by atoms with Crippen LogP contribution in [0.4, 0.5) is 4.79 Å². The number of likely N-dealkylation sites (N-methyl/N-ethyl adjacent to an activating group) is 1. The Hall–Kier alpha value is -3.35. The van der Waals surface area contributed by atoms with Crippen molar-refractivity contribution in [1.29, 1.82) is 0 Å². The van der Waals surface area contributed by atoms with Crippen LogP contribution < -0.4 is 5.32 Å². The number of amides is 2. The molecule has 2 aromatic carbocycles. The highest BCUT2D eigenvalue weighted by Gasteiger charge is 2.29. The van der Waals surface area contributed by atoms with Crippen molar-refractivity contribution in [2.24, 2.45) is 0 Å². The molecule has 0 saturated heterocycles. The Kier molecular flexibility index (Phi) is 5.93. The standard InChI is InChI=1S/C21H22N2O5/c1-3-20(25)28-23(2)19(24)12-22-21(26)27-13-18-16-10-6-4-8-14(16)15-9-5-7-11-17(15)18/h4-11,18H,3,12-13H2,1-2H3,(H,22,26). The van der Waals surface area contributed by atoms with Crippen LogP contribution in [-0.2, 0) is 19.2 Å². The fourth-order valence-electron chi connectivity index (χ4n) is 3.18. The number of hydrogen-bond acceptors (Lipinski definition) is 5. The van der Waals surface area contributed by atoms with Gasteiger partial charge in [-0.15, -0.1) is 0 Å². The first-order valence-corrected chi connectivity index (χ1v) is 9.07. The Labute approximate surface area is 163 Å². The third-order valence-corrected chi connectivity index (χ3v) is 4.61. The van der Waals surface area contributed by atoms with Gasteiger partial charge in [-0.25, -0.2) is 9.59 Å². The molecular weight excluding hydrogens is 360 g/mol. The van der Waals surface area contributed by atoms with E-state index in [4.69, 9.17) is 9.57 Å². The zero-order chi connectivity index (χ0) is 20.1. The van der Waals surface area contributed by atoms with Crippen molar-refractivity contribution in [1.82, 2.24) is 10.4 Å². The molecule has 0 spiro atoms. The van der Waals surface area contributed by atoms with E-state index in [9.17, 15) is 14.4 Å². The van der Waals surface area contributed by atoms with E-state index in [-0.39, 0.29) is 25.5 Å². The zero-order valence-corrected chi connectivity index (χ0v) is 15.8. The molecule has 0 aromatic heterocycles. The third-order valence-electron chi connectivity index (χ3n) is 4.61. The van der Waals surface area contributed by atoms with Crippen LogP contribution in [0.1, 0.15) is 30.4 Å². The van der Waals surface area contributed by atoms with Crippen molar-refractivity contribution in [3.05, 3.63) is 59.7 Å². The molecule has 1 aliphatic carbocycles. The number of alkyl carbamates (subject to hydrolysis) is 1. The van der Waals surface area contributed by atoms with E-state index in [0.717, 1.165) is 27.3 Å². The van der Waals surface area contributed by atoms with Gasteiger partial charge >= 0.3 is 12.1 Å². The topological polar surface area (TPSA) is 84.9 Å². The number of nitrogens with zero attached hydrogens (tertiary/aromatic N) is 1. The summed E-state index contributed by atoms with van der Waals surface area (Å²) in [7, 11) is 1.31. The highest BCUT2D eigenvalue weighted by molar-refractivity contribution is 5.83. The van der Waals surface area contributed by atoms with Gasteiger partial charge in [-0.1, -0.05) is 55.5 Å². The molecular formula is C21H22N2O5. The summed E-state index contributed by atoms with van der Waals surface area (Å²) in [6.45, 7) is 1.45. The second kappa shape index (κ2) is 8.56. The Morgan fingerprint density at radius 1 is 1.00 bits per heavy atom. The van der Waals surface area contributed by atoms with Crippen LogP contribution in [0.3, 0.4) is 0 Å². The third kappa shape index (κ3) is 4.14. The van der Waals surface area contributed by atoms with Gasteiger partial charge in [-0.05, 0) is 22.3 Å². The predicted octanol–water partition coefficient (Wildman–Crippen LogP) is 2.85. The second-order valence-corrected chi connectivity index (χ2v) is 6.39. The number of carbonyl (C=O) groups excluding carboxylic acids is 3. The first kappa shape index (κ1) is 19.4. The van der Waals surface area contributed by atoms with Gasteiger partial charge in [0.1, 0.15) is 13.2 Å². The zero-order valence-electron chi connectivity index (χ0n) is 15.8. The van der Waals surface area contributed by atoms with E-state index < -0.39 is 18.0 Å². The molecule has 146 valence electrons. The van der Waals surface area contributed by atoms with Crippen molar-refractivity contribution in [3.63, 3.8) is 0 Å². The molecule has 0 aliphatic heterocycles. The molecule has 7 heteroatoms. The summed E-state index contributed by atoms with van der Waals surface area (Å²) in [6, 6.07) is 16.1. The van der Waals surface area contributed by atoms with Crippen molar-refractivity contribution in [3.8, 4) is 11.1 Å². The van der Waals surface area contributed by atoms with Crippen molar-refractivity contribution < 1.29 is 24.0 Å². The maximum atomic E-state index is 12.0. The smallest absolute Gasteiger partial charge is 0.407 e. The maximum Gasteiger partial charge on any atom is 0.407 e. The number of fused-ring (bicyclic) bond motifs is 3. The molecule has 3 rings (SSSR count). The van der Waals surface area contributed by atoms with Crippen LogP contribution in [-0.4, -0.2) is 43.2 Å². The normalized spacial score (nSPS) is 11.9. The minimum atomic E-state index is -0.703. The summed E-state index contributed by atoms with van der Waals surface area (Å²) >= 11 is 0. The second-order valence-electron chi connectivity index (χ2n) is 6.39. The predicted molar refractivity (Wildman–Crippen MR) is 102 cm³/mol. The van der Waals surface area contributed by atoms with Gasteiger partial charge in [0.25, 0.3) is 5.91 Å². The molecule has 7 nitrogen and oxygen atoms in total. The molecule has 0 saturated carbocycles. The Bertz CT molecular complexity index is 850. The lowest BCUT2D eigenvalue weighted by Crippen LogP contribution is -2.39. The van der Waals surface area contributed by atoms with Crippen LogP contribution in [0.5, 0.6) is 0 Å². The summed E-state index contributed by atoms with van der Waals surface area (Å²) in [5, 5.41) is 3.18. The summed E-state index contributed by atoms with van der Waals surface area (Å²) in [5.74, 6) is -1.14. The number of hydrogen-bond donors (Lipinski definition) is 1. The number of ether oxygens (including phenoxy) is 1. The number of nitrogens with one attached hydrogen (secondary N) is 1. The fraction of sp³-hybridized carbons (Fsp3) is 0.286. The maximum absolute atomic E-state index is 12.0. The number of hydroxylamine groups is 2. The molecule has 0 heterocycles. The van der Waals surface area contributed by atoms with Crippen molar-refractivity contribution in [2.75, 3.05) is 20.2 Å². The van der Waals surface area contributed by atoms with Crippen LogP contribution in [0.2, 0.25) is 0 Å². The quantitative estimate of drug-likeness (QED) is 0.804. The van der Waals surface area contributed by atoms with Crippen LogP contribution >= 0.6 is 0 Å². The summed E-state index contributed by atoms with van der Waals surface area (Å²) in [5.41, 5.74) is 4.50. The van der Waals surface area contributed by atoms with Crippen LogP contribution in [0.15, 0.2) is 48.5 Å². The largest absolute Gasteiger partial charge is 0.449 e. The highest BCUT2D eigenvalue weighted by Crippen LogP contribution is 2.44. The number of carbonyl (C=O) groups is 3. The monoisotopic (exact) mass is 382 g/mol. The SMILES string of the molecule is CCC(=O)ON(C)C(=O)CNC(=O)OCC1c2ccccc2-c2ccccc21. The molecule has 1 N–H and O–H groups in total. The summed E-state index contributed by atoms with van der Waals surface area (Å²) < 4.78 is 5.34. The molecule has 0 atom stereocenters. The van der Waals surface area contributed by atoms with E-state index in [1.54, 1.807) is 6.92 Å². The Morgan fingerprint density at radius 3 is 2.14 bits per heavy atom. The molecule has 28 heavy (non-hydrogen) atoms. The van der Waals surface area contributed by atoms with Gasteiger partial charge in [-0.3, -0.25) is 4.79 Å². The average Bonchev–Trinajstić information content (AvgIpc) is 3.04. The molecule has 1 aliphatic rings. The molecule has 0 fully saturated rings. The van der Waals surface area contributed by atoms with E-state index in [1.165, 1.54) is 7.05 Å². The van der Waals surface area contributed by atoms with Gasteiger partial charge in [-0.2, -0.15) is 5.06 Å². The van der Waals surface area contributed by atoms with Gasteiger partial charge in [0.2, 0.25) is 0 Å². The molecule has 0 unspecified atom stereocenters. The molecule has 2 aromatic rings. The van der Waals surface area contributed by atoms with Crippen molar-refractivity contribution >= 4 is 18.0 Å². The van der Waals surface area contributed by atoms with Crippen molar-refractivity contribution in [2.45, 2.75) is 19.3 Å². The van der Waals surface area contributed by atoms with E-state index >= 15 is 0 Å². The first-order valence-electron chi connectivity index (χ1n) is 9.07. The molecule has 2 amide bonds. The minimum Gasteiger partial charge on any atom is -0.449 e. The Morgan fingerprint density at radius 2 is 1.57 bits per heavy atom. The molecule has 0 radical (unpaired) electrons. The van der Waals surface area contributed by atoms with E-state index in [0.29, 0.717) is 0 Å². The van der Waals surface area contributed by atoms with Crippen LogP contribution in [0.25, 0.3) is 11.1 Å². The lowest BCUT2D eigenvalue weighted by molar-refractivity contribution is -0.191. The number of benzene rings is 2. The van der Waals surface area contributed by atoms with E-state index in [2.05, 4.69) is 17.4 Å². The fourth-order valence-corrected chi connectivity index (χ4v) is 3.18. The van der Waals surface area contributed by atoms with E-state index in [1.807, 2.05) is 36.4 Å². The van der Waals surface area contributed by atoms with Gasteiger partial charge in [0, 0.05) is 19.4 Å².